The Bertz CT molecular complexity index is 3270. The van der Waals surface area contributed by atoms with Crippen LogP contribution in [0.5, 0.6) is 0 Å². The Labute approximate surface area is 351 Å². The molecule has 1 aromatic heterocycles. The number of hydrogen-bond donors (Lipinski definition) is 0. The predicted molar refractivity (Wildman–Crippen MR) is 254 cm³/mol. The third kappa shape index (κ3) is 4.94. The Balaban J connectivity index is 1.00. The standard InChI is InChI=1S/C58H44N2/c1-57(2)50-20-10-7-17-44(50)46-32-29-41(35-52(46)57)59(42-30-33-47-45-18-8-11-21-51(45)58(3,4)53(47)36-42)40-27-24-37(25-28-40)39-26-31-49-48-19-9-12-22-55(48)60(56(49)34-39)54-23-13-15-38-14-5-6-16-43(38)54/h5-36H,1-4H3. The quantitative estimate of drug-likeness (QED) is 0.169. The second kappa shape index (κ2) is 12.7. The summed E-state index contributed by atoms with van der Waals surface area (Å²) in [5.41, 5.74) is 20.1. The van der Waals surface area contributed by atoms with Crippen LogP contribution >= 0.6 is 0 Å². The van der Waals surface area contributed by atoms with Crippen molar-refractivity contribution in [1.82, 2.24) is 4.57 Å². The molecule has 0 saturated heterocycles. The molecule has 2 aliphatic rings. The SMILES string of the molecule is CC1(C)c2ccccc2-c2ccc(N(c3ccc(-c4ccc5c6ccccc6n(-c6cccc7ccccc67)c5c4)cc3)c3ccc4c(c3)C(C)(C)c3ccccc3-4)cc21. The van der Waals surface area contributed by atoms with Crippen LogP contribution in [0.25, 0.3) is 71.6 Å². The summed E-state index contributed by atoms with van der Waals surface area (Å²) in [4.78, 5) is 2.46. The zero-order valence-electron chi connectivity index (χ0n) is 34.4. The van der Waals surface area contributed by atoms with E-state index in [9.17, 15) is 0 Å². The van der Waals surface area contributed by atoms with E-state index in [-0.39, 0.29) is 10.8 Å². The fourth-order valence-corrected chi connectivity index (χ4v) is 10.7. The number of anilines is 3. The number of benzene rings is 9. The molecule has 2 nitrogen and oxygen atoms in total. The molecule has 10 aromatic rings. The topological polar surface area (TPSA) is 8.17 Å². The van der Waals surface area contributed by atoms with E-state index >= 15 is 0 Å². The first-order valence-corrected chi connectivity index (χ1v) is 21.2. The molecule has 0 amide bonds. The van der Waals surface area contributed by atoms with Gasteiger partial charge in [-0.1, -0.05) is 167 Å². The van der Waals surface area contributed by atoms with Crippen molar-refractivity contribution >= 4 is 49.6 Å². The van der Waals surface area contributed by atoms with Crippen LogP contribution in [0.3, 0.4) is 0 Å². The summed E-state index contributed by atoms with van der Waals surface area (Å²) in [6.07, 6.45) is 0. The van der Waals surface area contributed by atoms with Crippen molar-refractivity contribution in [1.29, 1.82) is 0 Å². The zero-order chi connectivity index (χ0) is 40.3. The number of hydrogen-bond acceptors (Lipinski definition) is 1. The smallest absolute Gasteiger partial charge is 0.0547 e. The summed E-state index contributed by atoms with van der Waals surface area (Å²) in [5.74, 6) is 0. The highest BCUT2D eigenvalue weighted by molar-refractivity contribution is 6.11. The van der Waals surface area contributed by atoms with Crippen molar-refractivity contribution in [3.05, 3.63) is 216 Å². The Morgan fingerprint density at radius 1 is 0.350 bits per heavy atom. The average molecular weight is 769 g/mol. The second-order valence-electron chi connectivity index (χ2n) is 17.8. The molecule has 2 aliphatic carbocycles. The Hall–Kier alpha value is -7.16. The molecule has 0 aliphatic heterocycles. The molecule has 0 fully saturated rings. The summed E-state index contributed by atoms with van der Waals surface area (Å²) in [6.45, 7) is 9.47. The maximum absolute atomic E-state index is 2.46. The Morgan fingerprint density at radius 2 is 0.850 bits per heavy atom. The van der Waals surface area contributed by atoms with Gasteiger partial charge in [0.25, 0.3) is 0 Å². The summed E-state index contributed by atoms with van der Waals surface area (Å²) >= 11 is 0. The van der Waals surface area contributed by atoms with E-state index in [1.165, 1.54) is 93.9 Å². The first kappa shape index (κ1) is 34.8. The molecule has 0 atom stereocenters. The van der Waals surface area contributed by atoms with Crippen molar-refractivity contribution in [3.8, 4) is 39.1 Å². The summed E-state index contributed by atoms with van der Waals surface area (Å²) in [6, 6.07) is 72.3. The van der Waals surface area contributed by atoms with Gasteiger partial charge >= 0.3 is 0 Å². The van der Waals surface area contributed by atoms with E-state index in [4.69, 9.17) is 0 Å². The van der Waals surface area contributed by atoms with E-state index in [2.05, 4.69) is 231 Å². The maximum Gasteiger partial charge on any atom is 0.0547 e. The van der Waals surface area contributed by atoms with E-state index in [0.717, 1.165) is 17.1 Å². The second-order valence-corrected chi connectivity index (χ2v) is 17.8. The molecule has 1 heterocycles. The highest BCUT2D eigenvalue weighted by atomic mass is 15.1. The molecule has 0 N–H and O–H groups in total. The Kier molecular flexibility index (Phi) is 7.36. The van der Waals surface area contributed by atoms with Crippen LogP contribution in [-0.2, 0) is 10.8 Å². The lowest BCUT2D eigenvalue weighted by Gasteiger charge is -2.30. The highest BCUT2D eigenvalue weighted by Gasteiger charge is 2.37. The first-order chi connectivity index (χ1) is 29.3. The average Bonchev–Trinajstić information content (AvgIpc) is 3.83. The molecule has 12 rings (SSSR count). The third-order valence-electron chi connectivity index (χ3n) is 13.8. The molecule has 286 valence electrons. The van der Waals surface area contributed by atoms with Gasteiger partial charge in [-0.05, 0) is 116 Å². The van der Waals surface area contributed by atoms with Gasteiger partial charge in [0.15, 0.2) is 0 Å². The maximum atomic E-state index is 2.46. The number of rotatable bonds is 5. The molecule has 2 heteroatoms. The summed E-state index contributed by atoms with van der Waals surface area (Å²) in [7, 11) is 0. The van der Waals surface area contributed by atoms with Gasteiger partial charge in [-0.3, -0.25) is 0 Å². The molecule has 60 heavy (non-hydrogen) atoms. The van der Waals surface area contributed by atoms with Crippen LogP contribution in [0.15, 0.2) is 194 Å². The Morgan fingerprint density at radius 3 is 1.52 bits per heavy atom. The molecule has 9 aromatic carbocycles. The van der Waals surface area contributed by atoms with Crippen LogP contribution in [0, 0.1) is 0 Å². The number of nitrogens with zero attached hydrogens (tertiary/aromatic N) is 2. The van der Waals surface area contributed by atoms with Gasteiger partial charge < -0.3 is 9.47 Å². The van der Waals surface area contributed by atoms with E-state index < -0.39 is 0 Å². The molecule has 0 bridgehead atoms. The fraction of sp³-hybridized carbons (Fsp3) is 0.103. The van der Waals surface area contributed by atoms with Crippen molar-refractivity contribution in [2.45, 2.75) is 38.5 Å². The van der Waals surface area contributed by atoms with E-state index in [1.807, 2.05) is 0 Å². The highest BCUT2D eigenvalue weighted by Crippen LogP contribution is 2.53. The van der Waals surface area contributed by atoms with Gasteiger partial charge in [0.2, 0.25) is 0 Å². The minimum atomic E-state index is -0.105. The third-order valence-corrected chi connectivity index (χ3v) is 13.8. The van der Waals surface area contributed by atoms with Gasteiger partial charge in [0, 0.05) is 44.1 Å². The summed E-state index contributed by atoms with van der Waals surface area (Å²) < 4.78 is 2.45. The number of aromatic nitrogens is 1. The molecule has 0 unspecified atom stereocenters. The molecule has 0 radical (unpaired) electrons. The molecule has 0 spiro atoms. The predicted octanol–water partition coefficient (Wildman–Crippen LogP) is 15.7. The first-order valence-electron chi connectivity index (χ1n) is 21.2. The van der Waals surface area contributed by atoms with Gasteiger partial charge in [-0.25, -0.2) is 0 Å². The van der Waals surface area contributed by atoms with Gasteiger partial charge in [-0.2, -0.15) is 0 Å². The van der Waals surface area contributed by atoms with Crippen LogP contribution in [0.2, 0.25) is 0 Å². The minimum absolute atomic E-state index is 0.105. The lowest BCUT2D eigenvalue weighted by Crippen LogP contribution is -2.18. The van der Waals surface area contributed by atoms with Crippen LogP contribution in [-0.4, -0.2) is 4.57 Å². The van der Waals surface area contributed by atoms with Crippen molar-refractivity contribution in [2.24, 2.45) is 0 Å². The van der Waals surface area contributed by atoms with Crippen LogP contribution < -0.4 is 4.90 Å². The number of para-hydroxylation sites is 1. The van der Waals surface area contributed by atoms with Crippen molar-refractivity contribution < 1.29 is 0 Å². The number of fused-ring (bicyclic) bond motifs is 10. The lowest BCUT2D eigenvalue weighted by molar-refractivity contribution is 0.660. The molecular formula is C58H44N2. The van der Waals surface area contributed by atoms with E-state index in [0.29, 0.717) is 0 Å². The largest absolute Gasteiger partial charge is 0.310 e. The normalized spacial score (nSPS) is 14.3. The van der Waals surface area contributed by atoms with Gasteiger partial charge in [0.1, 0.15) is 0 Å². The molecular weight excluding hydrogens is 725 g/mol. The van der Waals surface area contributed by atoms with Crippen molar-refractivity contribution in [2.75, 3.05) is 4.90 Å². The van der Waals surface area contributed by atoms with Gasteiger partial charge in [-0.15, -0.1) is 0 Å². The minimum Gasteiger partial charge on any atom is -0.310 e. The zero-order valence-corrected chi connectivity index (χ0v) is 34.4. The van der Waals surface area contributed by atoms with Crippen molar-refractivity contribution in [3.63, 3.8) is 0 Å². The summed E-state index contributed by atoms with van der Waals surface area (Å²) in [5, 5.41) is 5.01. The van der Waals surface area contributed by atoms with Crippen LogP contribution in [0.1, 0.15) is 49.9 Å². The fourth-order valence-electron chi connectivity index (χ4n) is 10.7. The van der Waals surface area contributed by atoms with Crippen LogP contribution in [0.4, 0.5) is 17.1 Å². The lowest BCUT2D eigenvalue weighted by atomic mass is 9.82. The van der Waals surface area contributed by atoms with Gasteiger partial charge in [0.05, 0.1) is 16.7 Å². The molecule has 0 saturated carbocycles. The van der Waals surface area contributed by atoms with E-state index in [1.54, 1.807) is 0 Å². The monoisotopic (exact) mass is 768 g/mol.